The van der Waals surface area contributed by atoms with Crippen molar-refractivity contribution in [2.75, 3.05) is 38.7 Å². The van der Waals surface area contributed by atoms with E-state index >= 15 is 0 Å². The van der Waals surface area contributed by atoms with Crippen molar-refractivity contribution in [2.24, 2.45) is 5.92 Å². The number of allylic oxidation sites excluding steroid dienone is 1. The third kappa shape index (κ3) is 31.8. The fourth-order valence-electron chi connectivity index (χ4n) is 7.43. The lowest BCUT2D eigenvalue weighted by Gasteiger charge is -2.34. The maximum absolute atomic E-state index is 12.7. The maximum Gasteiger partial charge on any atom is 0.330 e. The van der Waals surface area contributed by atoms with Crippen LogP contribution in [0, 0.1) is 19.8 Å². The van der Waals surface area contributed by atoms with Crippen molar-refractivity contribution in [2.45, 2.75) is 201 Å². The summed E-state index contributed by atoms with van der Waals surface area (Å²) >= 11 is 0. The summed E-state index contributed by atoms with van der Waals surface area (Å²) in [5.41, 5.74) is 3.27. The number of anilines is 1. The molecule has 1 aromatic carbocycles. The van der Waals surface area contributed by atoms with Gasteiger partial charge in [-0.3, -0.25) is 19.3 Å². The van der Waals surface area contributed by atoms with E-state index in [1.54, 1.807) is 0 Å². The van der Waals surface area contributed by atoms with Gasteiger partial charge in [-0.1, -0.05) is 168 Å². The van der Waals surface area contributed by atoms with E-state index in [2.05, 4.69) is 63.5 Å². The summed E-state index contributed by atoms with van der Waals surface area (Å²) in [6, 6.07) is 6.19. The van der Waals surface area contributed by atoms with Crippen LogP contribution in [0.5, 0.6) is 0 Å². The number of amides is 1. The maximum atomic E-state index is 12.7. The summed E-state index contributed by atoms with van der Waals surface area (Å²) in [6.07, 6.45) is 32.3. The smallest absolute Gasteiger partial charge is 0.330 e. The molecule has 1 saturated heterocycles. The van der Waals surface area contributed by atoms with E-state index in [-0.39, 0.29) is 36.9 Å². The number of unbranched alkanes of at least 4 members (excludes halogenated alkanes) is 17. The molecule has 61 heavy (non-hydrogen) atoms. The third-order valence-corrected chi connectivity index (χ3v) is 11.3. The molecule has 1 aliphatic rings. The number of likely N-dealkylation sites (tertiary alicyclic amines) is 1. The first-order valence-corrected chi connectivity index (χ1v) is 24.0. The highest BCUT2D eigenvalue weighted by Gasteiger charge is 2.28. The van der Waals surface area contributed by atoms with E-state index in [0.717, 1.165) is 74.8 Å². The lowest BCUT2D eigenvalue weighted by molar-refractivity contribution is -0.147. The first kappa shape index (κ1) is 57.3. The van der Waals surface area contributed by atoms with Crippen molar-refractivity contribution in [3.63, 3.8) is 0 Å². The minimum absolute atomic E-state index is 0.0274. The summed E-state index contributed by atoms with van der Waals surface area (Å²) in [5.74, 6) is 0.0235. The molecule has 2 atom stereocenters. The number of aryl methyl sites for hydroxylation is 2. The average Bonchev–Trinajstić information content (AvgIpc) is 3.26. The van der Waals surface area contributed by atoms with Gasteiger partial charge >= 0.3 is 11.9 Å². The number of esters is 2. The summed E-state index contributed by atoms with van der Waals surface area (Å²) < 4.78 is 15.9. The minimum Gasteiger partial charge on any atom is -0.497 e. The standard InChI is InChI=1S/C32H58O5.C18H28N2O.CH2O2/c1-5-7-9-11-13-15-17-19-21-23-30(28-37-32(34)26-25-29(3)35-4)27-36-31(33)24-22-20-18-16-14-12-10-8-6-2;1-4-5-12-20-13-7-6-11-16(20)18(21)19-17-14(2)9-8-10-15(17)3;2-1-3/h25-26,30H,3,5-24,27-28H2,1-2,4H3;8-10,16H,4-7,11-13H2,1-3H3,(H,19,21);1H,(H,2,3)/b26-25+;;. The number of piperidine rings is 1. The first-order chi connectivity index (χ1) is 29.6. The van der Waals surface area contributed by atoms with Crippen molar-refractivity contribution in [3.8, 4) is 0 Å². The molecule has 1 heterocycles. The monoisotopic (exact) mass is 857 g/mol. The quantitative estimate of drug-likeness (QED) is 0.0181. The summed E-state index contributed by atoms with van der Waals surface area (Å²) in [5, 5.41) is 10.1. The highest BCUT2D eigenvalue weighted by atomic mass is 16.5. The zero-order valence-electron chi connectivity index (χ0n) is 39.6. The van der Waals surface area contributed by atoms with Crippen LogP contribution >= 0.6 is 0 Å². The molecule has 1 amide bonds. The summed E-state index contributed by atoms with van der Waals surface area (Å²) in [4.78, 5) is 47.7. The number of methoxy groups -OCH3 is 1. The average molecular weight is 857 g/mol. The number of rotatable bonds is 32. The van der Waals surface area contributed by atoms with Crippen molar-refractivity contribution < 1.29 is 38.5 Å². The molecule has 10 heteroatoms. The second-order valence-electron chi connectivity index (χ2n) is 16.6. The van der Waals surface area contributed by atoms with E-state index in [4.69, 9.17) is 24.1 Å². The molecule has 350 valence electrons. The van der Waals surface area contributed by atoms with Crippen molar-refractivity contribution >= 4 is 30.0 Å². The SMILES string of the molecule is C=C(/C=C/C(=O)OCC(CCCCCCCCCCC)COC(=O)CCCCCCCCCCC)OC.CCCCN1CCCCC1C(=O)Nc1c(C)cccc1C.O=CO. The Hall–Kier alpha value is -3.66. The second-order valence-corrected chi connectivity index (χ2v) is 16.6. The van der Waals surface area contributed by atoms with Crippen LogP contribution in [0.1, 0.15) is 192 Å². The van der Waals surface area contributed by atoms with Crippen LogP contribution in [0.25, 0.3) is 0 Å². The number of nitrogens with one attached hydrogen (secondary N) is 1. The molecule has 0 aromatic heterocycles. The van der Waals surface area contributed by atoms with Crippen LogP contribution in [0.2, 0.25) is 0 Å². The van der Waals surface area contributed by atoms with Gasteiger partial charge < -0.3 is 24.6 Å². The number of nitrogens with zero attached hydrogens (tertiary/aromatic N) is 1. The molecule has 2 unspecified atom stereocenters. The van der Waals surface area contributed by atoms with Gasteiger partial charge in [-0.2, -0.15) is 0 Å². The van der Waals surface area contributed by atoms with Gasteiger partial charge in [0.15, 0.2) is 0 Å². The van der Waals surface area contributed by atoms with E-state index in [9.17, 15) is 14.4 Å². The fourth-order valence-corrected chi connectivity index (χ4v) is 7.43. The highest BCUT2D eigenvalue weighted by molar-refractivity contribution is 5.96. The number of carboxylic acid groups (broad SMARTS) is 1. The van der Waals surface area contributed by atoms with Crippen LogP contribution in [-0.2, 0) is 33.4 Å². The Kier molecular flexibility index (Phi) is 38.0. The summed E-state index contributed by atoms with van der Waals surface area (Å²) in [7, 11) is 1.50. The molecule has 2 N–H and O–H groups in total. The van der Waals surface area contributed by atoms with Crippen LogP contribution in [0.3, 0.4) is 0 Å². The Bertz CT molecular complexity index is 1290. The number of para-hydroxylation sites is 1. The number of carbonyl (C=O) groups excluding carboxylic acids is 3. The molecular weight excluding hydrogens is 769 g/mol. The molecule has 1 aromatic rings. The Balaban J connectivity index is 0.00000125. The van der Waals surface area contributed by atoms with E-state index < -0.39 is 5.97 Å². The molecule has 1 aliphatic heterocycles. The topological polar surface area (TPSA) is 131 Å². The number of carbonyl (C=O) groups is 4. The predicted octanol–water partition coefficient (Wildman–Crippen LogP) is 12.8. The number of hydrogen-bond donors (Lipinski definition) is 2. The molecular formula is C51H88N2O8. The van der Waals surface area contributed by atoms with Gasteiger partial charge in [-0.15, -0.1) is 0 Å². The first-order valence-electron chi connectivity index (χ1n) is 24.0. The summed E-state index contributed by atoms with van der Waals surface area (Å²) in [6.45, 7) is 16.9. The van der Waals surface area contributed by atoms with Crippen LogP contribution in [-0.4, -0.2) is 73.8 Å². The second kappa shape index (κ2) is 40.4. The normalized spacial score (nSPS) is 14.2. The Morgan fingerprint density at radius 1 is 0.770 bits per heavy atom. The molecule has 10 nitrogen and oxygen atoms in total. The highest BCUT2D eigenvalue weighted by Crippen LogP contribution is 2.23. The van der Waals surface area contributed by atoms with Crippen molar-refractivity contribution in [1.82, 2.24) is 4.90 Å². The van der Waals surface area contributed by atoms with E-state index in [1.807, 2.05) is 6.07 Å². The Morgan fingerprint density at radius 2 is 1.28 bits per heavy atom. The molecule has 0 radical (unpaired) electrons. The van der Waals surface area contributed by atoms with Crippen molar-refractivity contribution in [1.29, 1.82) is 0 Å². The Labute approximate surface area is 372 Å². The molecule has 0 spiro atoms. The molecule has 0 aliphatic carbocycles. The lowest BCUT2D eigenvalue weighted by atomic mass is 10.00. The van der Waals surface area contributed by atoms with Crippen LogP contribution in [0.15, 0.2) is 42.7 Å². The van der Waals surface area contributed by atoms with Gasteiger partial charge in [-0.05, 0) is 76.2 Å². The number of benzene rings is 1. The molecule has 2 rings (SSSR count). The fraction of sp³-hybridized carbons (Fsp3) is 0.725. The van der Waals surface area contributed by atoms with Gasteiger partial charge in [0.1, 0.15) is 5.76 Å². The minimum atomic E-state index is -0.434. The molecule has 1 fully saturated rings. The lowest BCUT2D eigenvalue weighted by Crippen LogP contribution is -2.47. The van der Waals surface area contributed by atoms with E-state index in [0.29, 0.717) is 18.8 Å². The zero-order valence-corrected chi connectivity index (χ0v) is 39.6. The third-order valence-electron chi connectivity index (χ3n) is 11.3. The van der Waals surface area contributed by atoms with Gasteiger partial charge in [0, 0.05) is 24.1 Å². The molecule has 0 saturated carbocycles. The van der Waals surface area contributed by atoms with Gasteiger partial charge in [0.2, 0.25) is 5.91 Å². The van der Waals surface area contributed by atoms with Crippen LogP contribution in [0.4, 0.5) is 5.69 Å². The predicted molar refractivity (Wildman–Crippen MR) is 252 cm³/mol. The zero-order chi connectivity index (χ0) is 45.4. The van der Waals surface area contributed by atoms with E-state index in [1.165, 1.54) is 128 Å². The Morgan fingerprint density at radius 3 is 1.82 bits per heavy atom. The largest absolute Gasteiger partial charge is 0.497 e. The van der Waals surface area contributed by atoms with Gasteiger partial charge in [-0.25, -0.2) is 4.79 Å². The molecule has 0 bridgehead atoms. The van der Waals surface area contributed by atoms with Crippen LogP contribution < -0.4 is 5.32 Å². The number of ether oxygens (including phenoxy) is 3. The van der Waals surface area contributed by atoms with Gasteiger partial charge in [0.05, 0.1) is 26.4 Å². The van der Waals surface area contributed by atoms with Gasteiger partial charge in [0.25, 0.3) is 6.47 Å². The van der Waals surface area contributed by atoms with Crippen molar-refractivity contribution in [3.05, 3.63) is 53.8 Å². The number of hydrogen-bond acceptors (Lipinski definition) is 8.